The van der Waals surface area contributed by atoms with Crippen LogP contribution in [0.5, 0.6) is 0 Å². The number of carbonyl (C=O) groups excluding carboxylic acids is 1. The molecular formula is C25H28FN5O2. The van der Waals surface area contributed by atoms with Gasteiger partial charge in [-0.05, 0) is 32.9 Å². The van der Waals surface area contributed by atoms with Crippen LogP contribution in [-0.4, -0.2) is 60.6 Å². The van der Waals surface area contributed by atoms with Gasteiger partial charge in [0.2, 0.25) is 0 Å². The smallest absolute Gasteiger partial charge is 0.196 e. The molecule has 3 heterocycles. The summed E-state index contributed by atoms with van der Waals surface area (Å²) in [6.07, 6.45) is -0.642. The standard InChI is InChI=1S/C25H28FN5O2/c1-13(2)31-21-18(10-17-16-6-5-15(11-27)9-19(16)29-25(17)31)23(32)24(33-4)22(20(21)26)30-8-7-28-14(3)12-30/h5-6,9,13-14,24,28-29H,7-8,10,12H2,1-4H3/t14?,24-/m1/s1. The van der Waals surface area contributed by atoms with Crippen LogP contribution in [0.4, 0.5) is 10.2 Å². The lowest BCUT2D eigenvalue weighted by Crippen LogP contribution is -2.53. The number of nitriles is 1. The van der Waals surface area contributed by atoms with Crippen molar-refractivity contribution in [3.8, 4) is 6.07 Å². The average molecular weight is 450 g/mol. The number of ether oxygens (including phenoxy) is 1. The molecule has 2 aliphatic heterocycles. The van der Waals surface area contributed by atoms with Crippen LogP contribution in [0.2, 0.25) is 0 Å². The van der Waals surface area contributed by atoms with Gasteiger partial charge in [0, 0.05) is 67.3 Å². The molecule has 1 fully saturated rings. The van der Waals surface area contributed by atoms with E-state index in [2.05, 4.69) is 23.3 Å². The maximum atomic E-state index is 16.4. The number of carbonyl (C=O) groups is 1. The molecule has 1 aliphatic carbocycles. The summed E-state index contributed by atoms with van der Waals surface area (Å²) in [7, 11) is 1.47. The zero-order valence-electron chi connectivity index (χ0n) is 19.3. The number of benzene rings is 1. The molecule has 1 saturated heterocycles. The van der Waals surface area contributed by atoms with E-state index in [-0.39, 0.29) is 23.7 Å². The van der Waals surface area contributed by atoms with Crippen molar-refractivity contribution in [3.05, 3.63) is 52.1 Å². The van der Waals surface area contributed by atoms with Gasteiger partial charge in [0.05, 0.1) is 23.0 Å². The second-order valence-electron chi connectivity index (χ2n) is 9.27. The van der Waals surface area contributed by atoms with Gasteiger partial charge in [0.25, 0.3) is 0 Å². The maximum absolute atomic E-state index is 16.4. The number of hydrogen-bond donors (Lipinski definition) is 2. The van der Waals surface area contributed by atoms with Gasteiger partial charge in [-0.1, -0.05) is 6.07 Å². The summed E-state index contributed by atoms with van der Waals surface area (Å²) in [5, 5.41) is 13.6. The monoisotopic (exact) mass is 449 g/mol. The molecule has 172 valence electrons. The van der Waals surface area contributed by atoms with E-state index in [0.717, 1.165) is 28.8 Å². The van der Waals surface area contributed by atoms with Gasteiger partial charge in [0.1, 0.15) is 5.82 Å². The van der Waals surface area contributed by atoms with Crippen molar-refractivity contribution in [1.82, 2.24) is 15.2 Å². The molecule has 3 aliphatic rings. The lowest BCUT2D eigenvalue weighted by atomic mass is 9.85. The molecule has 0 bridgehead atoms. The first kappa shape index (κ1) is 21.7. The summed E-state index contributed by atoms with van der Waals surface area (Å²) in [5.41, 5.74) is 3.40. The summed E-state index contributed by atoms with van der Waals surface area (Å²) < 4.78 is 22.0. The number of methoxy groups -OCH3 is 1. The molecule has 0 saturated carbocycles. The highest BCUT2D eigenvalue weighted by Crippen LogP contribution is 2.46. The first-order chi connectivity index (χ1) is 15.8. The lowest BCUT2D eigenvalue weighted by Gasteiger charge is -2.43. The molecular weight excluding hydrogens is 421 g/mol. The Bertz CT molecular complexity index is 1250. The van der Waals surface area contributed by atoms with Gasteiger partial charge >= 0.3 is 0 Å². The Morgan fingerprint density at radius 3 is 2.79 bits per heavy atom. The van der Waals surface area contributed by atoms with E-state index in [1.54, 1.807) is 12.1 Å². The Morgan fingerprint density at radius 1 is 1.33 bits per heavy atom. The van der Waals surface area contributed by atoms with Crippen LogP contribution in [0, 0.1) is 11.3 Å². The molecule has 1 unspecified atom stereocenters. The normalized spacial score (nSPS) is 23.4. The number of aromatic amines is 1. The minimum absolute atomic E-state index is 0.0987. The molecule has 1 aromatic carbocycles. The van der Waals surface area contributed by atoms with E-state index >= 15 is 4.39 Å². The van der Waals surface area contributed by atoms with Crippen molar-refractivity contribution in [2.45, 2.75) is 45.4 Å². The highest BCUT2D eigenvalue weighted by Gasteiger charge is 2.45. The predicted octanol–water partition coefficient (Wildman–Crippen LogP) is 3.14. The van der Waals surface area contributed by atoms with Gasteiger partial charge in [-0.3, -0.25) is 4.79 Å². The largest absolute Gasteiger partial charge is 0.367 e. The Labute approximate surface area is 192 Å². The third-order valence-electron chi connectivity index (χ3n) is 6.81. The maximum Gasteiger partial charge on any atom is 0.196 e. The van der Waals surface area contributed by atoms with Crippen molar-refractivity contribution >= 4 is 22.5 Å². The molecule has 33 heavy (non-hydrogen) atoms. The Morgan fingerprint density at radius 2 is 2.12 bits per heavy atom. The number of hydrogen-bond acceptors (Lipinski definition) is 6. The van der Waals surface area contributed by atoms with Gasteiger partial charge in [0.15, 0.2) is 17.7 Å². The van der Waals surface area contributed by atoms with Crippen molar-refractivity contribution in [2.24, 2.45) is 0 Å². The fraction of sp³-hybridized carbons (Fsp3) is 0.440. The SMILES string of the molecule is CO[C@H]1C(=O)C2=C(C(F)=C1N1CCNC(C)C1)N(C(C)C)c1[nH]c3cc(C#N)ccc3c1C2. The summed E-state index contributed by atoms with van der Waals surface area (Å²) >= 11 is 0. The van der Waals surface area contributed by atoms with Crippen LogP contribution < -0.4 is 10.2 Å². The van der Waals surface area contributed by atoms with E-state index in [1.807, 2.05) is 29.7 Å². The van der Waals surface area contributed by atoms with Gasteiger partial charge < -0.3 is 24.8 Å². The predicted molar refractivity (Wildman–Crippen MR) is 124 cm³/mol. The number of aromatic nitrogens is 1. The van der Waals surface area contributed by atoms with E-state index in [1.165, 1.54) is 7.11 Å². The van der Waals surface area contributed by atoms with Gasteiger partial charge in [-0.25, -0.2) is 4.39 Å². The summed E-state index contributed by atoms with van der Waals surface area (Å²) in [6, 6.07) is 7.71. The minimum Gasteiger partial charge on any atom is -0.367 e. The summed E-state index contributed by atoms with van der Waals surface area (Å²) in [5.74, 6) is 0.205. The second-order valence-corrected chi connectivity index (χ2v) is 9.27. The van der Waals surface area contributed by atoms with E-state index < -0.39 is 6.10 Å². The molecule has 1 aromatic heterocycles. The van der Waals surface area contributed by atoms with E-state index in [4.69, 9.17) is 4.74 Å². The number of fused-ring (bicyclic) bond motifs is 3. The van der Waals surface area contributed by atoms with Crippen LogP contribution in [0.1, 0.15) is 31.9 Å². The van der Waals surface area contributed by atoms with Gasteiger partial charge in [-0.15, -0.1) is 0 Å². The van der Waals surface area contributed by atoms with Crippen LogP contribution >= 0.6 is 0 Å². The highest BCUT2D eigenvalue weighted by molar-refractivity contribution is 6.07. The minimum atomic E-state index is -0.958. The second kappa shape index (κ2) is 8.01. The molecule has 5 rings (SSSR count). The number of nitrogens with zero attached hydrogens (tertiary/aromatic N) is 3. The number of allylic oxidation sites excluding steroid dienone is 1. The fourth-order valence-corrected chi connectivity index (χ4v) is 5.36. The zero-order chi connectivity index (χ0) is 23.4. The number of H-pyrrole nitrogens is 1. The number of anilines is 1. The summed E-state index contributed by atoms with van der Waals surface area (Å²) in [6.45, 7) is 7.95. The quantitative estimate of drug-likeness (QED) is 0.749. The lowest BCUT2D eigenvalue weighted by molar-refractivity contribution is -0.124. The van der Waals surface area contributed by atoms with E-state index in [9.17, 15) is 10.1 Å². The third kappa shape index (κ3) is 3.26. The topological polar surface area (TPSA) is 84.4 Å². The van der Waals surface area contributed by atoms with E-state index in [0.29, 0.717) is 42.0 Å². The number of halogens is 1. The molecule has 2 N–H and O–H groups in total. The molecule has 2 atom stereocenters. The van der Waals surface area contributed by atoms with Crippen LogP contribution in [-0.2, 0) is 16.0 Å². The number of nitrogens with one attached hydrogen (secondary N) is 2. The molecule has 0 radical (unpaired) electrons. The zero-order valence-corrected chi connectivity index (χ0v) is 19.3. The Hall–Kier alpha value is -3.15. The number of ketones is 1. The Kier molecular flexibility index (Phi) is 5.26. The first-order valence-electron chi connectivity index (χ1n) is 11.4. The third-order valence-corrected chi connectivity index (χ3v) is 6.81. The number of rotatable bonds is 3. The van der Waals surface area contributed by atoms with Crippen LogP contribution in [0.25, 0.3) is 10.9 Å². The number of Topliss-reactive ketones (excluding diaryl/α,β-unsaturated/α-hetero) is 1. The molecule has 7 nitrogen and oxygen atoms in total. The molecule has 0 spiro atoms. The van der Waals surface area contributed by atoms with Crippen molar-refractivity contribution in [2.75, 3.05) is 31.6 Å². The van der Waals surface area contributed by atoms with Crippen LogP contribution in [0.3, 0.4) is 0 Å². The summed E-state index contributed by atoms with van der Waals surface area (Å²) in [4.78, 5) is 20.9. The molecule has 2 aromatic rings. The van der Waals surface area contributed by atoms with Crippen molar-refractivity contribution < 1.29 is 13.9 Å². The van der Waals surface area contributed by atoms with Crippen molar-refractivity contribution in [3.63, 3.8) is 0 Å². The number of piperazine rings is 1. The highest BCUT2D eigenvalue weighted by atomic mass is 19.1. The van der Waals surface area contributed by atoms with Crippen molar-refractivity contribution in [1.29, 1.82) is 5.26 Å². The molecule has 8 heteroatoms. The molecule has 0 amide bonds. The Balaban J connectivity index is 1.70. The van der Waals surface area contributed by atoms with Crippen LogP contribution in [0.15, 0.2) is 41.0 Å². The first-order valence-corrected chi connectivity index (χ1v) is 11.4. The fourth-order valence-electron chi connectivity index (χ4n) is 5.36. The average Bonchev–Trinajstić information content (AvgIpc) is 3.16. The van der Waals surface area contributed by atoms with Gasteiger partial charge in [-0.2, -0.15) is 5.26 Å².